The molecule has 0 radical (unpaired) electrons. The van der Waals surface area contributed by atoms with Crippen molar-refractivity contribution in [3.63, 3.8) is 0 Å². The fourth-order valence-corrected chi connectivity index (χ4v) is 4.99. The van der Waals surface area contributed by atoms with Crippen molar-refractivity contribution in [3.05, 3.63) is 94.8 Å². The van der Waals surface area contributed by atoms with Gasteiger partial charge in [0.15, 0.2) is 0 Å². The third-order valence-corrected chi connectivity index (χ3v) is 6.85. The van der Waals surface area contributed by atoms with Gasteiger partial charge in [0, 0.05) is 11.2 Å². The number of aromatic nitrogens is 1. The topological polar surface area (TPSA) is 87.6 Å². The van der Waals surface area contributed by atoms with E-state index in [1.165, 1.54) is 22.6 Å². The number of sulfonamides is 1. The number of pyridine rings is 1. The smallest absolute Gasteiger partial charge is 0.337 e. The molecule has 156 valence electrons. The molecule has 0 saturated heterocycles. The number of nitrogens with zero attached hydrogens (tertiary/aromatic N) is 2. The first-order valence-corrected chi connectivity index (χ1v) is 11.1. The van der Waals surface area contributed by atoms with Crippen LogP contribution in [0.1, 0.15) is 41.0 Å². The Morgan fingerprint density at radius 3 is 2.27 bits per heavy atom. The van der Waals surface area contributed by atoms with Gasteiger partial charge in [0.1, 0.15) is 0 Å². The van der Waals surface area contributed by atoms with Gasteiger partial charge in [-0.15, -0.1) is 0 Å². The maximum atomic E-state index is 13.5. The highest BCUT2D eigenvalue weighted by Crippen LogP contribution is 2.32. The summed E-state index contributed by atoms with van der Waals surface area (Å²) in [6.07, 6.45) is 1.76. The number of rotatable bonds is 8. The first-order chi connectivity index (χ1) is 14.3. The van der Waals surface area contributed by atoms with Gasteiger partial charge in [0.2, 0.25) is 10.0 Å². The summed E-state index contributed by atoms with van der Waals surface area (Å²) in [5.41, 5.74) is 1.30. The predicted molar refractivity (Wildman–Crippen MR) is 115 cm³/mol. The molecule has 30 heavy (non-hydrogen) atoms. The van der Waals surface area contributed by atoms with Crippen molar-refractivity contribution in [1.82, 2.24) is 9.29 Å². The maximum Gasteiger partial charge on any atom is 0.337 e. The number of carboxylic acids is 1. The normalized spacial score (nSPS) is 12.6. The second-order valence-electron chi connectivity index (χ2n) is 6.68. The lowest BCUT2D eigenvalue weighted by Gasteiger charge is -2.30. The first-order valence-electron chi connectivity index (χ1n) is 9.33. The van der Waals surface area contributed by atoms with E-state index in [0.717, 1.165) is 5.56 Å². The molecule has 0 aliphatic rings. The van der Waals surface area contributed by atoms with Gasteiger partial charge in [0.25, 0.3) is 0 Å². The van der Waals surface area contributed by atoms with Gasteiger partial charge in [-0.25, -0.2) is 13.2 Å². The zero-order valence-corrected chi connectivity index (χ0v) is 17.8. The van der Waals surface area contributed by atoms with Crippen LogP contribution in [0.3, 0.4) is 0 Å². The Morgan fingerprint density at radius 2 is 1.73 bits per heavy atom. The SMILES string of the molecule is CCC(c1ccc(Cl)cc1)N(Cc1ccc(C(=O)O)cn1)S(=O)(=O)c1ccccc1. The number of carbonyl (C=O) groups is 1. The van der Waals surface area contributed by atoms with Crippen molar-refractivity contribution in [3.8, 4) is 0 Å². The average Bonchev–Trinajstić information content (AvgIpc) is 2.75. The van der Waals surface area contributed by atoms with Crippen LogP contribution in [0.25, 0.3) is 0 Å². The van der Waals surface area contributed by atoms with Crippen LogP contribution >= 0.6 is 11.6 Å². The van der Waals surface area contributed by atoms with E-state index in [0.29, 0.717) is 17.1 Å². The van der Waals surface area contributed by atoms with Crippen LogP contribution in [-0.2, 0) is 16.6 Å². The molecule has 2 aromatic carbocycles. The molecule has 3 aromatic rings. The van der Waals surface area contributed by atoms with Crippen molar-refractivity contribution in [2.24, 2.45) is 0 Å². The number of benzene rings is 2. The Balaban J connectivity index is 2.05. The Kier molecular flexibility index (Phi) is 6.87. The van der Waals surface area contributed by atoms with Crippen LogP contribution in [0, 0.1) is 0 Å². The molecule has 0 bridgehead atoms. The van der Waals surface area contributed by atoms with Gasteiger partial charge in [-0.3, -0.25) is 4.98 Å². The number of hydrogen-bond acceptors (Lipinski definition) is 4. The van der Waals surface area contributed by atoms with Crippen LogP contribution in [-0.4, -0.2) is 28.8 Å². The lowest BCUT2D eigenvalue weighted by Crippen LogP contribution is -2.34. The summed E-state index contributed by atoms with van der Waals surface area (Å²) in [5.74, 6) is -1.09. The molecule has 3 rings (SSSR count). The molecular weight excluding hydrogens is 424 g/mol. The summed E-state index contributed by atoms with van der Waals surface area (Å²) in [6, 6.07) is 17.8. The van der Waals surface area contributed by atoms with Crippen molar-refractivity contribution >= 4 is 27.6 Å². The highest BCUT2D eigenvalue weighted by molar-refractivity contribution is 7.89. The quantitative estimate of drug-likeness (QED) is 0.540. The second-order valence-corrected chi connectivity index (χ2v) is 9.01. The Morgan fingerprint density at radius 1 is 1.07 bits per heavy atom. The molecule has 1 aromatic heterocycles. The highest BCUT2D eigenvalue weighted by Gasteiger charge is 2.32. The van der Waals surface area contributed by atoms with E-state index >= 15 is 0 Å². The molecule has 0 spiro atoms. The van der Waals surface area contributed by atoms with E-state index in [-0.39, 0.29) is 17.0 Å². The lowest BCUT2D eigenvalue weighted by molar-refractivity contribution is 0.0696. The molecule has 0 aliphatic heterocycles. The summed E-state index contributed by atoms with van der Waals surface area (Å²) in [5, 5.41) is 9.64. The summed E-state index contributed by atoms with van der Waals surface area (Å²) < 4.78 is 28.5. The molecule has 1 N–H and O–H groups in total. The van der Waals surface area contributed by atoms with Crippen LogP contribution in [0.15, 0.2) is 77.8 Å². The molecule has 0 fully saturated rings. The Hall–Kier alpha value is -2.74. The average molecular weight is 445 g/mol. The van der Waals surface area contributed by atoms with E-state index < -0.39 is 22.0 Å². The minimum atomic E-state index is -3.85. The van der Waals surface area contributed by atoms with Crippen LogP contribution < -0.4 is 0 Å². The van der Waals surface area contributed by atoms with Crippen molar-refractivity contribution in [2.75, 3.05) is 0 Å². The maximum absolute atomic E-state index is 13.5. The second kappa shape index (κ2) is 9.38. The summed E-state index contributed by atoms with van der Waals surface area (Å²) in [4.78, 5) is 15.4. The summed E-state index contributed by atoms with van der Waals surface area (Å²) in [6.45, 7) is 1.91. The fourth-order valence-electron chi connectivity index (χ4n) is 3.19. The van der Waals surface area contributed by atoms with Gasteiger partial charge in [-0.1, -0.05) is 48.9 Å². The standard InChI is InChI=1S/C22H21ClN2O4S/c1-2-21(16-8-11-18(23)12-9-16)25(30(28,29)20-6-4-3-5-7-20)15-19-13-10-17(14-24-19)22(26)27/h3-14,21H,2,15H2,1H3,(H,26,27). The minimum Gasteiger partial charge on any atom is -0.478 e. The largest absolute Gasteiger partial charge is 0.478 e. The lowest BCUT2D eigenvalue weighted by atomic mass is 10.0. The van der Waals surface area contributed by atoms with Crippen LogP contribution in [0.2, 0.25) is 5.02 Å². The molecule has 1 heterocycles. The van der Waals surface area contributed by atoms with Gasteiger partial charge in [-0.05, 0) is 48.4 Å². The summed E-state index contributed by atoms with van der Waals surface area (Å²) in [7, 11) is -3.85. The van der Waals surface area contributed by atoms with Crippen LogP contribution in [0.4, 0.5) is 0 Å². The van der Waals surface area contributed by atoms with Crippen molar-refractivity contribution in [2.45, 2.75) is 30.8 Å². The first kappa shape index (κ1) is 22.0. The molecular formula is C22H21ClN2O4S. The van der Waals surface area contributed by atoms with Crippen LogP contribution in [0.5, 0.6) is 0 Å². The Labute approximate surface area is 180 Å². The van der Waals surface area contributed by atoms with E-state index in [2.05, 4.69) is 4.98 Å². The van der Waals surface area contributed by atoms with Crippen molar-refractivity contribution in [1.29, 1.82) is 0 Å². The van der Waals surface area contributed by atoms with E-state index in [1.807, 2.05) is 19.1 Å². The monoisotopic (exact) mass is 444 g/mol. The summed E-state index contributed by atoms with van der Waals surface area (Å²) >= 11 is 6.01. The van der Waals surface area contributed by atoms with E-state index in [9.17, 15) is 13.2 Å². The molecule has 1 unspecified atom stereocenters. The van der Waals surface area contributed by atoms with Gasteiger partial charge in [-0.2, -0.15) is 4.31 Å². The molecule has 1 atom stereocenters. The zero-order valence-electron chi connectivity index (χ0n) is 16.3. The fraction of sp³-hybridized carbons (Fsp3) is 0.182. The molecule has 0 saturated carbocycles. The third-order valence-electron chi connectivity index (χ3n) is 4.73. The number of aromatic carboxylic acids is 1. The van der Waals surface area contributed by atoms with Crippen molar-refractivity contribution < 1.29 is 18.3 Å². The molecule has 6 nitrogen and oxygen atoms in total. The number of carboxylic acid groups (broad SMARTS) is 1. The van der Waals surface area contributed by atoms with Gasteiger partial charge < -0.3 is 5.11 Å². The minimum absolute atomic E-state index is 0.00173. The number of halogens is 1. The highest BCUT2D eigenvalue weighted by atomic mass is 35.5. The van der Waals surface area contributed by atoms with E-state index in [1.54, 1.807) is 42.5 Å². The number of hydrogen-bond donors (Lipinski definition) is 1. The van der Waals surface area contributed by atoms with Gasteiger partial charge in [0.05, 0.1) is 28.7 Å². The molecule has 0 amide bonds. The van der Waals surface area contributed by atoms with E-state index in [4.69, 9.17) is 16.7 Å². The third kappa shape index (κ3) is 4.87. The molecule has 0 aliphatic carbocycles. The predicted octanol–water partition coefficient (Wildman–Crippen LogP) is 4.78. The Bertz CT molecular complexity index is 1100. The molecule has 8 heteroatoms. The zero-order chi connectivity index (χ0) is 21.7. The van der Waals surface area contributed by atoms with Gasteiger partial charge >= 0.3 is 5.97 Å².